The lowest BCUT2D eigenvalue weighted by molar-refractivity contribution is -0.120. The lowest BCUT2D eigenvalue weighted by Gasteiger charge is -2.18. The topological polar surface area (TPSA) is 58.6 Å². The average Bonchev–Trinajstić information content (AvgIpc) is 3.14. The predicted octanol–water partition coefficient (Wildman–Crippen LogP) is 2.43. The van der Waals surface area contributed by atoms with E-state index in [2.05, 4.69) is 14.9 Å². The highest BCUT2D eigenvalue weighted by Gasteiger charge is 2.17. The van der Waals surface area contributed by atoms with Gasteiger partial charge >= 0.3 is 0 Å². The number of aromatic nitrogens is 2. The fourth-order valence-electron chi connectivity index (χ4n) is 2.69. The molecule has 0 bridgehead atoms. The van der Waals surface area contributed by atoms with E-state index in [1.54, 1.807) is 18.0 Å². The molecule has 2 aromatic rings. The van der Waals surface area contributed by atoms with Crippen LogP contribution in [0.25, 0.3) is 0 Å². The summed E-state index contributed by atoms with van der Waals surface area (Å²) in [6.07, 6.45) is 2.32. The number of carbonyl (C=O) groups is 1. The lowest BCUT2D eigenvalue weighted by atomic mass is 10.3. The van der Waals surface area contributed by atoms with Crippen LogP contribution in [-0.4, -0.2) is 42.6 Å². The van der Waals surface area contributed by atoms with E-state index < -0.39 is 0 Å². The van der Waals surface area contributed by atoms with Crippen molar-refractivity contribution < 1.29 is 9.53 Å². The van der Waals surface area contributed by atoms with Gasteiger partial charge in [0, 0.05) is 37.6 Å². The molecule has 0 radical (unpaired) electrons. The fourth-order valence-corrected chi connectivity index (χ4v) is 2.69. The normalized spacial score (nSPS) is 13.8. The smallest absolute Gasteiger partial charge is 0.264 e. The van der Waals surface area contributed by atoms with Gasteiger partial charge in [-0.15, -0.1) is 0 Å². The molecule has 1 aromatic heterocycles. The monoisotopic (exact) mass is 326 g/mol. The van der Waals surface area contributed by atoms with Crippen molar-refractivity contribution in [2.45, 2.75) is 19.8 Å². The molecule has 1 fully saturated rings. The standard InChI is InChI=1S/C18H22N4O2/c1-14-12-16(20-18(19-14)22-10-6-7-11-22)24-13-17(23)21(2)15-8-4-3-5-9-15/h3-5,8-9,12H,6-7,10-11,13H2,1-2H3. The molecule has 0 unspecified atom stereocenters. The largest absolute Gasteiger partial charge is 0.467 e. The summed E-state index contributed by atoms with van der Waals surface area (Å²) >= 11 is 0. The number of ether oxygens (including phenoxy) is 1. The van der Waals surface area contributed by atoms with Crippen LogP contribution in [0.2, 0.25) is 0 Å². The molecule has 0 saturated carbocycles. The molecule has 1 aliphatic heterocycles. The number of rotatable bonds is 5. The third kappa shape index (κ3) is 3.82. The van der Waals surface area contributed by atoms with Crippen molar-refractivity contribution in [3.63, 3.8) is 0 Å². The van der Waals surface area contributed by atoms with E-state index in [0.29, 0.717) is 11.8 Å². The minimum absolute atomic E-state index is 0.0543. The first-order chi connectivity index (χ1) is 11.6. The van der Waals surface area contributed by atoms with Crippen molar-refractivity contribution in [2.24, 2.45) is 0 Å². The molecule has 2 heterocycles. The zero-order chi connectivity index (χ0) is 16.9. The average molecular weight is 326 g/mol. The highest BCUT2D eigenvalue weighted by atomic mass is 16.5. The number of benzene rings is 1. The van der Waals surface area contributed by atoms with Crippen molar-refractivity contribution in [2.75, 3.05) is 36.5 Å². The van der Waals surface area contributed by atoms with Crippen molar-refractivity contribution in [3.8, 4) is 5.88 Å². The van der Waals surface area contributed by atoms with Crippen molar-refractivity contribution in [3.05, 3.63) is 42.1 Å². The summed E-state index contributed by atoms with van der Waals surface area (Å²) in [4.78, 5) is 24.9. The van der Waals surface area contributed by atoms with Gasteiger partial charge in [-0.05, 0) is 31.9 Å². The van der Waals surface area contributed by atoms with Gasteiger partial charge in [0.1, 0.15) is 0 Å². The molecule has 126 valence electrons. The zero-order valence-corrected chi connectivity index (χ0v) is 14.1. The molecule has 1 amide bonds. The minimum Gasteiger partial charge on any atom is -0.467 e. The molecule has 1 aromatic carbocycles. The Kier molecular flexibility index (Phi) is 4.93. The minimum atomic E-state index is -0.125. The van der Waals surface area contributed by atoms with E-state index in [0.717, 1.165) is 37.3 Å². The highest BCUT2D eigenvalue weighted by Crippen LogP contribution is 2.20. The highest BCUT2D eigenvalue weighted by molar-refractivity contribution is 5.93. The number of hydrogen-bond acceptors (Lipinski definition) is 5. The summed E-state index contributed by atoms with van der Waals surface area (Å²) in [6.45, 7) is 3.80. The van der Waals surface area contributed by atoms with E-state index in [1.165, 1.54) is 0 Å². The molecule has 6 nitrogen and oxygen atoms in total. The SMILES string of the molecule is Cc1cc(OCC(=O)N(C)c2ccccc2)nc(N2CCCC2)n1. The maximum absolute atomic E-state index is 12.3. The van der Waals surface area contributed by atoms with Gasteiger partial charge in [-0.3, -0.25) is 4.79 Å². The number of para-hydroxylation sites is 1. The maximum atomic E-state index is 12.3. The summed E-state index contributed by atoms with van der Waals surface area (Å²) in [6, 6.07) is 11.2. The second-order valence-electron chi connectivity index (χ2n) is 5.92. The number of amides is 1. The number of likely N-dealkylation sites (N-methyl/N-ethyl adjacent to an activating group) is 1. The van der Waals surface area contributed by atoms with E-state index >= 15 is 0 Å². The Morgan fingerprint density at radius 1 is 1.21 bits per heavy atom. The Bertz CT molecular complexity index is 699. The van der Waals surface area contributed by atoms with Gasteiger partial charge in [-0.25, -0.2) is 4.98 Å². The van der Waals surface area contributed by atoms with Crippen LogP contribution in [0, 0.1) is 6.92 Å². The first-order valence-corrected chi connectivity index (χ1v) is 8.18. The van der Waals surface area contributed by atoms with Crippen LogP contribution in [0.5, 0.6) is 5.88 Å². The second kappa shape index (κ2) is 7.29. The Morgan fingerprint density at radius 3 is 2.62 bits per heavy atom. The maximum Gasteiger partial charge on any atom is 0.264 e. The Labute approximate surface area is 142 Å². The number of aryl methyl sites for hydroxylation is 1. The van der Waals surface area contributed by atoms with Crippen LogP contribution >= 0.6 is 0 Å². The van der Waals surface area contributed by atoms with Crippen LogP contribution in [0.15, 0.2) is 36.4 Å². The molecule has 0 aliphatic carbocycles. The number of anilines is 2. The molecular formula is C18H22N4O2. The van der Waals surface area contributed by atoms with E-state index in [9.17, 15) is 4.79 Å². The van der Waals surface area contributed by atoms with Crippen molar-refractivity contribution >= 4 is 17.5 Å². The van der Waals surface area contributed by atoms with Crippen LogP contribution < -0.4 is 14.5 Å². The Hall–Kier alpha value is -2.63. The first kappa shape index (κ1) is 16.2. The Morgan fingerprint density at radius 2 is 1.92 bits per heavy atom. The van der Waals surface area contributed by atoms with Crippen molar-refractivity contribution in [1.82, 2.24) is 9.97 Å². The van der Waals surface area contributed by atoms with E-state index in [4.69, 9.17) is 4.74 Å². The van der Waals surface area contributed by atoms with Gasteiger partial charge in [-0.1, -0.05) is 18.2 Å². The first-order valence-electron chi connectivity index (χ1n) is 8.18. The second-order valence-corrected chi connectivity index (χ2v) is 5.92. The Balaban J connectivity index is 1.64. The molecule has 1 aliphatic rings. The van der Waals surface area contributed by atoms with Gasteiger partial charge < -0.3 is 14.5 Å². The van der Waals surface area contributed by atoms with Crippen LogP contribution in [0.3, 0.4) is 0 Å². The molecular weight excluding hydrogens is 304 g/mol. The molecule has 0 atom stereocenters. The number of nitrogens with zero attached hydrogens (tertiary/aromatic N) is 4. The van der Waals surface area contributed by atoms with Crippen LogP contribution in [-0.2, 0) is 4.79 Å². The number of carbonyl (C=O) groups excluding carboxylic acids is 1. The molecule has 0 spiro atoms. The van der Waals surface area contributed by atoms with Gasteiger partial charge in [0.15, 0.2) is 6.61 Å². The lowest BCUT2D eigenvalue weighted by Crippen LogP contribution is -2.31. The van der Waals surface area contributed by atoms with Gasteiger partial charge in [0.2, 0.25) is 11.8 Å². The van der Waals surface area contributed by atoms with Crippen LogP contribution in [0.4, 0.5) is 11.6 Å². The number of hydrogen-bond donors (Lipinski definition) is 0. The summed E-state index contributed by atoms with van der Waals surface area (Å²) in [5.41, 5.74) is 1.67. The predicted molar refractivity (Wildman–Crippen MR) is 93.6 cm³/mol. The van der Waals surface area contributed by atoms with E-state index in [-0.39, 0.29) is 12.5 Å². The molecule has 3 rings (SSSR count). The van der Waals surface area contributed by atoms with Gasteiger partial charge in [0.05, 0.1) is 0 Å². The molecule has 24 heavy (non-hydrogen) atoms. The molecule has 0 N–H and O–H groups in total. The fraction of sp³-hybridized carbons (Fsp3) is 0.389. The third-order valence-electron chi connectivity index (χ3n) is 4.07. The third-order valence-corrected chi connectivity index (χ3v) is 4.07. The molecule has 1 saturated heterocycles. The molecule has 6 heteroatoms. The van der Waals surface area contributed by atoms with Crippen molar-refractivity contribution in [1.29, 1.82) is 0 Å². The summed E-state index contributed by atoms with van der Waals surface area (Å²) in [7, 11) is 1.74. The summed E-state index contributed by atoms with van der Waals surface area (Å²) < 4.78 is 5.62. The van der Waals surface area contributed by atoms with Gasteiger partial charge in [0.25, 0.3) is 5.91 Å². The summed E-state index contributed by atoms with van der Waals surface area (Å²) in [5, 5.41) is 0. The van der Waals surface area contributed by atoms with Gasteiger partial charge in [-0.2, -0.15) is 4.98 Å². The van der Waals surface area contributed by atoms with Crippen LogP contribution in [0.1, 0.15) is 18.5 Å². The zero-order valence-electron chi connectivity index (χ0n) is 14.1. The van der Waals surface area contributed by atoms with E-state index in [1.807, 2.05) is 37.3 Å². The quantitative estimate of drug-likeness (QED) is 0.844. The summed E-state index contributed by atoms with van der Waals surface area (Å²) in [5.74, 6) is 1.01.